The Balaban J connectivity index is 1.46. The number of fused-ring (bicyclic) bond motifs is 1. The van der Waals surface area contributed by atoms with Crippen LogP contribution in [0, 0.1) is 0 Å². The summed E-state index contributed by atoms with van der Waals surface area (Å²) in [5.74, 6) is 0.779. The zero-order chi connectivity index (χ0) is 23.4. The number of nitrogens with one attached hydrogen (secondary N) is 1. The number of methoxy groups -OCH3 is 1. The molecule has 0 bridgehead atoms. The summed E-state index contributed by atoms with van der Waals surface area (Å²) < 4.78 is 35.7. The SMILES string of the molecule is COc1cccc(CCCNS(=O)(=O)c2ccc3c(c2)sc(=O)n3Cc2ccccc2Cl)c1. The fourth-order valence-electron chi connectivity index (χ4n) is 3.57. The molecule has 0 aliphatic heterocycles. The first-order valence-corrected chi connectivity index (χ1v) is 13.0. The van der Waals surface area contributed by atoms with Crippen LogP contribution in [0.1, 0.15) is 17.5 Å². The van der Waals surface area contributed by atoms with Crippen molar-refractivity contribution in [2.45, 2.75) is 24.3 Å². The van der Waals surface area contributed by atoms with Crippen molar-refractivity contribution in [1.29, 1.82) is 0 Å². The van der Waals surface area contributed by atoms with Gasteiger partial charge in [0.1, 0.15) is 5.75 Å². The van der Waals surface area contributed by atoms with Crippen LogP contribution in [0.2, 0.25) is 5.02 Å². The normalized spacial score (nSPS) is 11.7. The molecule has 172 valence electrons. The molecule has 0 amide bonds. The van der Waals surface area contributed by atoms with E-state index in [2.05, 4.69) is 4.72 Å². The Kier molecular flexibility index (Phi) is 7.19. The van der Waals surface area contributed by atoms with E-state index in [0.717, 1.165) is 34.6 Å². The smallest absolute Gasteiger partial charge is 0.308 e. The second kappa shape index (κ2) is 10.1. The molecule has 0 saturated carbocycles. The summed E-state index contributed by atoms with van der Waals surface area (Å²) in [5, 5.41) is 0.584. The number of hydrogen-bond acceptors (Lipinski definition) is 5. The molecule has 0 spiro atoms. The average Bonchev–Trinajstić information content (AvgIpc) is 3.12. The van der Waals surface area contributed by atoms with E-state index in [-0.39, 0.29) is 9.77 Å². The molecule has 0 unspecified atom stereocenters. The molecule has 6 nitrogen and oxygen atoms in total. The highest BCUT2D eigenvalue weighted by molar-refractivity contribution is 7.89. The summed E-state index contributed by atoms with van der Waals surface area (Å²) in [6.45, 7) is 0.633. The minimum absolute atomic E-state index is 0.141. The largest absolute Gasteiger partial charge is 0.497 e. The van der Waals surface area contributed by atoms with Crippen LogP contribution in [0.5, 0.6) is 5.75 Å². The van der Waals surface area contributed by atoms with Crippen LogP contribution >= 0.6 is 22.9 Å². The quantitative estimate of drug-likeness (QED) is 0.337. The molecule has 9 heteroatoms. The number of ether oxygens (including phenoxy) is 1. The third-order valence-corrected chi connectivity index (χ3v) is 8.07. The van der Waals surface area contributed by atoms with E-state index in [1.54, 1.807) is 29.9 Å². The molecule has 0 saturated heterocycles. The number of sulfonamides is 1. The fraction of sp³-hybridized carbons (Fsp3) is 0.208. The molecular weight excluding hydrogens is 480 g/mol. The van der Waals surface area contributed by atoms with Crippen molar-refractivity contribution in [3.63, 3.8) is 0 Å². The highest BCUT2D eigenvalue weighted by Crippen LogP contribution is 2.24. The number of hydrogen-bond donors (Lipinski definition) is 1. The van der Waals surface area contributed by atoms with Crippen molar-refractivity contribution in [3.05, 3.63) is 92.5 Å². The van der Waals surface area contributed by atoms with E-state index in [9.17, 15) is 13.2 Å². The van der Waals surface area contributed by atoms with E-state index in [1.165, 1.54) is 6.07 Å². The Bertz CT molecular complexity index is 1440. The standard InChI is InChI=1S/C24H23ClN2O4S2/c1-31-19-9-4-6-17(14-19)7-5-13-26-33(29,30)20-11-12-22-23(15-20)32-24(28)27(22)16-18-8-2-3-10-21(18)25/h2-4,6,8-12,14-15,26H,5,7,13,16H2,1H3. The van der Waals surface area contributed by atoms with Crippen molar-refractivity contribution >= 4 is 43.2 Å². The Morgan fingerprint density at radius 2 is 1.88 bits per heavy atom. The molecule has 0 fully saturated rings. The van der Waals surface area contributed by atoms with Crippen LogP contribution < -0.4 is 14.3 Å². The molecule has 3 aromatic carbocycles. The van der Waals surface area contributed by atoms with Gasteiger partial charge < -0.3 is 4.74 Å². The second-order valence-corrected chi connectivity index (χ2v) is 10.7. The van der Waals surface area contributed by atoms with Gasteiger partial charge >= 0.3 is 4.87 Å². The summed E-state index contributed by atoms with van der Waals surface area (Å²) in [6, 6.07) is 19.8. The number of aromatic nitrogens is 1. The summed E-state index contributed by atoms with van der Waals surface area (Å²) >= 11 is 7.26. The first kappa shape index (κ1) is 23.5. The van der Waals surface area contributed by atoms with Gasteiger partial charge in [0, 0.05) is 11.6 Å². The third-order valence-electron chi connectivity index (χ3n) is 5.30. The van der Waals surface area contributed by atoms with Gasteiger partial charge in [0.15, 0.2) is 0 Å². The van der Waals surface area contributed by atoms with Crippen molar-refractivity contribution in [2.24, 2.45) is 0 Å². The number of halogens is 1. The van der Waals surface area contributed by atoms with Crippen LogP contribution in [0.4, 0.5) is 0 Å². The maximum Gasteiger partial charge on any atom is 0.308 e. The van der Waals surface area contributed by atoms with Crippen LogP contribution in [-0.4, -0.2) is 26.6 Å². The van der Waals surface area contributed by atoms with Gasteiger partial charge in [-0.1, -0.05) is 53.3 Å². The predicted octanol–water partition coefficient (Wildman–Crippen LogP) is 4.68. The van der Waals surface area contributed by atoms with Crippen molar-refractivity contribution in [3.8, 4) is 5.75 Å². The maximum absolute atomic E-state index is 12.8. The number of rotatable bonds is 9. The van der Waals surface area contributed by atoms with Gasteiger partial charge in [-0.2, -0.15) is 0 Å². The lowest BCUT2D eigenvalue weighted by Crippen LogP contribution is -2.25. The molecule has 4 aromatic rings. The van der Waals surface area contributed by atoms with Gasteiger partial charge in [-0.3, -0.25) is 9.36 Å². The molecule has 0 atom stereocenters. The Morgan fingerprint density at radius 3 is 2.67 bits per heavy atom. The highest BCUT2D eigenvalue weighted by Gasteiger charge is 2.17. The molecule has 0 aliphatic carbocycles. The van der Waals surface area contributed by atoms with E-state index in [0.29, 0.717) is 34.7 Å². The van der Waals surface area contributed by atoms with Gasteiger partial charge in [-0.25, -0.2) is 13.1 Å². The lowest BCUT2D eigenvalue weighted by atomic mass is 10.1. The van der Waals surface area contributed by atoms with Gasteiger partial charge in [0.2, 0.25) is 10.0 Å². The molecule has 0 radical (unpaired) electrons. The van der Waals surface area contributed by atoms with Crippen LogP contribution in [0.15, 0.2) is 76.4 Å². The van der Waals surface area contributed by atoms with Gasteiger partial charge in [-0.05, 0) is 60.4 Å². The zero-order valence-electron chi connectivity index (χ0n) is 18.0. The van der Waals surface area contributed by atoms with Gasteiger partial charge in [-0.15, -0.1) is 0 Å². The lowest BCUT2D eigenvalue weighted by molar-refractivity contribution is 0.414. The lowest BCUT2D eigenvalue weighted by Gasteiger charge is -2.09. The van der Waals surface area contributed by atoms with Crippen molar-refractivity contribution in [1.82, 2.24) is 9.29 Å². The van der Waals surface area contributed by atoms with E-state index in [4.69, 9.17) is 16.3 Å². The Labute approximate surface area is 201 Å². The number of benzene rings is 3. The average molecular weight is 503 g/mol. The number of aryl methyl sites for hydroxylation is 1. The molecule has 1 N–H and O–H groups in total. The first-order chi connectivity index (χ1) is 15.9. The fourth-order valence-corrected chi connectivity index (χ4v) is 5.87. The van der Waals surface area contributed by atoms with Crippen LogP contribution in [0.25, 0.3) is 10.2 Å². The van der Waals surface area contributed by atoms with Crippen LogP contribution in [0.3, 0.4) is 0 Å². The number of thiazole rings is 1. The highest BCUT2D eigenvalue weighted by atomic mass is 35.5. The van der Waals surface area contributed by atoms with Gasteiger partial charge in [0.05, 0.1) is 28.8 Å². The Hall–Kier alpha value is -2.65. The summed E-state index contributed by atoms with van der Waals surface area (Å²) in [6.07, 6.45) is 1.38. The molecule has 1 aromatic heterocycles. The van der Waals surface area contributed by atoms with E-state index in [1.807, 2.05) is 42.5 Å². The van der Waals surface area contributed by atoms with E-state index >= 15 is 0 Å². The third kappa shape index (κ3) is 5.47. The monoisotopic (exact) mass is 502 g/mol. The number of nitrogens with zero attached hydrogens (tertiary/aromatic N) is 1. The van der Waals surface area contributed by atoms with Crippen molar-refractivity contribution < 1.29 is 13.2 Å². The molecule has 33 heavy (non-hydrogen) atoms. The van der Waals surface area contributed by atoms with Crippen LogP contribution in [-0.2, 0) is 23.0 Å². The molecule has 4 rings (SSSR count). The summed E-state index contributed by atoms with van der Waals surface area (Å²) in [7, 11) is -2.07. The second-order valence-electron chi connectivity index (χ2n) is 7.53. The molecule has 1 heterocycles. The first-order valence-electron chi connectivity index (χ1n) is 10.4. The minimum Gasteiger partial charge on any atom is -0.497 e. The summed E-state index contributed by atoms with van der Waals surface area (Å²) in [4.78, 5) is 12.6. The van der Waals surface area contributed by atoms with Crippen molar-refractivity contribution in [2.75, 3.05) is 13.7 Å². The summed E-state index contributed by atoms with van der Waals surface area (Å²) in [5.41, 5.74) is 2.59. The molecule has 0 aliphatic rings. The molecular formula is C24H23ClN2O4S2. The zero-order valence-corrected chi connectivity index (χ0v) is 20.3. The topological polar surface area (TPSA) is 77.4 Å². The van der Waals surface area contributed by atoms with E-state index < -0.39 is 10.0 Å². The van der Waals surface area contributed by atoms with Gasteiger partial charge in [0.25, 0.3) is 0 Å². The predicted molar refractivity (Wildman–Crippen MR) is 133 cm³/mol. The Morgan fingerprint density at radius 1 is 1.06 bits per heavy atom. The maximum atomic E-state index is 12.8. The minimum atomic E-state index is -3.69.